The van der Waals surface area contributed by atoms with Gasteiger partial charge in [-0.25, -0.2) is 0 Å². The van der Waals surface area contributed by atoms with Gasteiger partial charge in [0.1, 0.15) is 11.4 Å². The molecule has 4 aliphatic carbocycles. The van der Waals surface area contributed by atoms with Gasteiger partial charge in [-0.1, -0.05) is 13.8 Å². The molecule has 0 aromatic rings. The average molecular weight is 274 g/mol. The van der Waals surface area contributed by atoms with E-state index in [0.29, 0.717) is 10.8 Å². The third kappa shape index (κ3) is 1.58. The Morgan fingerprint density at radius 2 is 1.60 bits per heavy atom. The SMILES string of the molecule is CC12CC3CC(C)(C1)CC(C1=NC(C)(C)C(=O)N1)(C3)C2. The number of amides is 1. The normalized spacial score (nSPS) is 52.1. The largest absolute Gasteiger partial charge is 0.312 e. The van der Waals surface area contributed by atoms with Crippen LogP contribution in [0, 0.1) is 22.2 Å². The first kappa shape index (κ1) is 12.8. The van der Waals surface area contributed by atoms with Crippen molar-refractivity contribution in [3.8, 4) is 0 Å². The number of amidine groups is 1. The van der Waals surface area contributed by atoms with Crippen molar-refractivity contribution in [3.05, 3.63) is 0 Å². The van der Waals surface area contributed by atoms with E-state index < -0.39 is 5.54 Å². The van der Waals surface area contributed by atoms with E-state index >= 15 is 0 Å². The number of hydrogen-bond donors (Lipinski definition) is 1. The summed E-state index contributed by atoms with van der Waals surface area (Å²) in [5.41, 5.74) is 0.523. The van der Waals surface area contributed by atoms with Gasteiger partial charge in [0.05, 0.1) is 0 Å². The van der Waals surface area contributed by atoms with Crippen LogP contribution in [0.3, 0.4) is 0 Å². The molecule has 2 unspecified atom stereocenters. The third-order valence-corrected chi connectivity index (χ3v) is 6.31. The average Bonchev–Trinajstić information content (AvgIpc) is 2.48. The number of nitrogens with zero attached hydrogens (tertiary/aromatic N) is 1. The molecule has 20 heavy (non-hydrogen) atoms. The summed E-state index contributed by atoms with van der Waals surface area (Å²) in [7, 11) is 0. The zero-order valence-corrected chi connectivity index (χ0v) is 13.2. The highest BCUT2D eigenvalue weighted by Crippen LogP contribution is 2.69. The Kier molecular flexibility index (Phi) is 2.12. The van der Waals surface area contributed by atoms with Gasteiger partial charge in [-0.15, -0.1) is 0 Å². The monoisotopic (exact) mass is 274 g/mol. The van der Waals surface area contributed by atoms with Crippen LogP contribution in [0.1, 0.15) is 66.2 Å². The molecule has 4 bridgehead atoms. The molecule has 4 fully saturated rings. The maximum atomic E-state index is 12.1. The van der Waals surface area contributed by atoms with E-state index in [1.165, 1.54) is 38.5 Å². The van der Waals surface area contributed by atoms with Gasteiger partial charge in [-0.3, -0.25) is 9.79 Å². The van der Waals surface area contributed by atoms with Crippen molar-refractivity contribution in [3.63, 3.8) is 0 Å². The molecule has 4 saturated carbocycles. The van der Waals surface area contributed by atoms with E-state index in [0.717, 1.165) is 11.8 Å². The molecule has 3 heteroatoms. The van der Waals surface area contributed by atoms with Crippen LogP contribution in [0.2, 0.25) is 0 Å². The highest BCUT2D eigenvalue weighted by molar-refractivity contribution is 6.10. The van der Waals surface area contributed by atoms with E-state index in [-0.39, 0.29) is 11.3 Å². The molecule has 5 rings (SSSR count). The highest BCUT2D eigenvalue weighted by Gasteiger charge is 2.63. The van der Waals surface area contributed by atoms with Crippen molar-refractivity contribution in [1.82, 2.24) is 5.32 Å². The first-order valence-electron chi connectivity index (χ1n) is 8.06. The van der Waals surface area contributed by atoms with Crippen LogP contribution in [-0.2, 0) is 4.79 Å². The van der Waals surface area contributed by atoms with E-state index in [2.05, 4.69) is 19.2 Å². The minimum atomic E-state index is -0.569. The summed E-state index contributed by atoms with van der Waals surface area (Å²) in [6, 6.07) is 0. The second-order valence-corrected chi connectivity index (χ2v) is 9.38. The molecule has 5 aliphatic rings. The number of carbonyl (C=O) groups excluding carboxylic acids is 1. The van der Waals surface area contributed by atoms with Gasteiger partial charge < -0.3 is 5.32 Å². The van der Waals surface area contributed by atoms with Gasteiger partial charge in [0.15, 0.2) is 0 Å². The minimum absolute atomic E-state index is 0.0820. The van der Waals surface area contributed by atoms with Crippen molar-refractivity contribution >= 4 is 11.7 Å². The Labute approximate surface area is 121 Å². The van der Waals surface area contributed by atoms with Crippen LogP contribution in [0.15, 0.2) is 4.99 Å². The van der Waals surface area contributed by atoms with Crippen molar-refractivity contribution in [2.45, 2.75) is 71.8 Å². The lowest BCUT2D eigenvalue weighted by atomic mass is 9.40. The summed E-state index contributed by atoms with van der Waals surface area (Å²) in [5, 5.41) is 3.15. The lowest BCUT2D eigenvalue weighted by molar-refractivity contribution is -0.124. The lowest BCUT2D eigenvalue weighted by Crippen LogP contribution is -2.59. The van der Waals surface area contributed by atoms with Crippen molar-refractivity contribution in [2.24, 2.45) is 27.2 Å². The second-order valence-electron chi connectivity index (χ2n) is 9.38. The molecule has 1 heterocycles. The van der Waals surface area contributed by atoms with Crippen LogP contribution in [-0.4, -0.2) is 17.3 Å². The Morgan fingerprint density at radius 1 is 1.00 bits per heavy atom. The van der Waals surface area contributed by atoms with Gasteiger partial charge >= 0.3 is 0 Å². The van der Waals surface area contributed by atoms with E-state index in [9.17, 15) is 4.79 Å². The van der Waals surface area contributed by atoms with Crippen LogP contribution < -0.4 is 5.32 Å². The van der Waals surface area contributed by atoms with E-state index in [1.54, 1.807) is 0 Å². The molecule has 110 valence electrons. The highest BCUT2D eigenvalue weighted by atomic mass is 16.2. The molecule has 0 aromatic heterocycles. The van der Waals surface area contributed by atoms with Crippen LogP contribution in [0.25, 0.3) is 0 Å². The molecule has 0 radical (unpaired) electrons. The lowest BCUT2D eigenvalue weighted by Gasteiger charge is -2.65. The van der Waals surface area contributed by atoms with Gasteiger partial charge in [0.25, 0.3) is 5.91 Å². The molecule has 3 nitrogen and oxygen atoms in total. The first-order valence-corrected chi connectivity index (χ1v) is 8.06. The smallest absolute Gasteiger partial charge is 0.252 e. The van der Waals surface area contributed by atoms with E-state index in [1.807, 2.05) is 13.8 Å². The molecule has 0 aromatic carbocycles. The van der Waals surface area contributed by atoms with Gasteiger partial charge in [-0.05, 0) is 69.1 Å². The van der Waals surface area contributed by atoms with Crippen molar-refractivity contribution in [1.29, 1.82) is 0 Å². The van der Waals surface area contributed by atoms with Crippen molar-refractivity contribution < 1.29 is 4.79 Å². The van der Waals surface area contributed by atoms with Crippen molar-refractivity contribution in [2.75, 3.05) is 0 Å². The Morgan fingerprint density at radius 3 is 2.05 bits per heavy atom. The summed E-state index contributed by atoms with van der Waals surface area (Å²) >= 11 is 0. The zero-order valence-electron chi connectivity index (χ0n) is 13.2. The first-order chi connectivity index (χ1) is 9.14. The number of nitrogens with one attached hydrogen (secondary N) is 1. The number of rotatable bonds is 1. The third-order valence-electron chi connectivity index (χ3n) is 6.31. The molecule has 1 N–H and O–H groups in total. The van der Waals surface area contributed by atoms with Gasteiger partial charge in [0.2, 0.25) is 0 Å². The minimum Gasteiger partial charge on any atom is -0.312 e. The van der Waals surface area contributed by atoms with Crippen LogP contribution in [0.5, 0.6) is 0 Å². The van der Waals surface area contributed by atoms with Crippen LogP contribution in [0.4, 0.5) is 0 Å². The second kappa shape index (κ2) is 3.31. The molecule has 1 amide bonds. The number of aliphatic imine (C=N–C) groups is 1. The summed E-state index contributed by atoms with van der Waals surface area (Å²) in [5.74, 6) is 1.94. The fourth-order valence-electron chi connectivity index (χ4n) is 6.58. The number of hydrogen-bond acceptors (Lipinski definition) is 2. The van der Waals surface area contributed by atoms with Gasteiger partial charge in [0, 0.05) is 5.41 Å². The summed E-state index contributed by atoms with van der Waals surface area (Å²) < 4.78 is 0. The quantitative estimate of drug-likeness (QED) is 0.783. The molecular formula is C17H26N2O. The Bertz CT molecular complexity index is 515. The maximum absolute atomic E-state index is 12.1. The maximum Gasteiger partial charge on any atom is 0.252 e. The predicted octanol–water partition coefficient (Wildman–Crippen LogP) is 3.29. The predicted molar refractivity (Wildman–Crippen MR) is 79.5 cm³/mol. The zero-order chi connectivity index (χ0) is 14.4. The number of carbonyl (C=O) groups is 1. The fraction of sp³-hybridized carbons (Fsp3) is 0.882. The van der Waals surface area contributed by atoms with E-state index in [4.69, 9.17) is 4.99 Å². The fourth-order valence-corrected chi connectivity index (χ4v) is 6.58. The standard InChI is InChI=1S/C17H26N2O/c1-14(2)13(20)18-12(19-14)17-7-11-5-15(3,9-17)8-16(4,6-11)10-17/h11H,5-10H2,1-4H3,(H,18,19,20). The molecular weight excluding hydrogens is 248 g/mol. The topological polar surface area (TPSA) is 41.5 Å². The summed E-state index contributed by atoms with van der Waals surface area (Å²) in [6.45, 7) is 8.79. The summed E-state index contributed by atoms with van der Waals surface area (Å²) in [4.78, 5) is 16.9. The van der Waals surface area contributed by atoms with Gasteiger partial charge in [-0.2, -0.15) is 0 Å². The molecule has 2 atom stereocenters. The molecule has 0 spiro atoms. The summed E-state index contributed by atoms with van der Waals surface area (Å²) in [6.07, 6.45) is 7.82. The molecule has 0 saturated heterocycles. The van der Waals surface area contributed by atoms with Crippen LogP contribution >= 0.6 is 0 Å². The Hall–Kier alpha value is -0.860. The Balaban J connectivity index is 1.77. The molecule has 1 aliphatic heterocycles.